The summed E-state index contributed by atoms with van der Waals surface area (Å²) in [5, 5.41) is 0. The lowest BCUT2D eigenvalue weighted by atomic mass is 10.2. The van der Waals surface area contributed by atoms with E-state index in [-0.39, 0.29) is 32.1 Å². The van der Waals surface area contributed by atoms with Crippen LogP contribution in [0, 0.1) is 0 Å². The van der Waals surface area contributed by atoms with Gasteiger partial charge in [0.05, 0.1) is 0 Å². The number of rotatable bonds is 2. The minimum atomic E-state index is -4.84. The second kappa shape index (κ2) is 6.08. The van der Waals surface area contributed by atoms with Crippen LogP contribution in [-0.2, 0) is 9.59 Å². The summed E-state index contributed by atoms with van der Waals surface area (Å²) in [5.41, 5.74) is 0.916. The third-order valence-electron chi connectivity index (χ3n) is 3.05. The molecule has 19 heavy (non-hydrogen) atoms. The third-order valence-corrected chi connectivity index (χ3v) is 3.05. The van der Waals surface area contributed by atoms with Crippen LogP contribution in [0.2, 0.25) is 0 Å². The van der Waals surface area contributed by atoms with Crippen LogP contribution in [0.25, 0.3) is 0 Å². The number of carbonyl (C=O) groups is 2. The number of allylic oxidation sites excluding steroid dienone is 1. The molecule has 0 saturated carbocycles. The van der Waals surface area contributed by atoms with E-state index in [4.69, 9.17) is 0 Å². The first kappa shape index (κ1) is 15.5. The van der Waals surface area contributed by atoms with E-state index in [1.165, 1.54) is 11.0 Å². The summed E-state index contributed by atoms with van der Waals surface area (Å²) in [6.07, 6.45) is -2.61. The number of alkyl halides is 3. The number of nitrogens with zero attached hydrogens (tertiary/aromatic N) is 2. The number of hydrogen-bond donors (Lipinski definition) is 0. The van der Waals surface area contributed by atoms with E-state index in [9.17, 15) is 22.8 Å². The molecule has 0 aliphatic carbocycles. The molecular formula is C12H17F3N2O2. The van der Waals surface area contributed by atoms with E-state index < -0.39 is 12.1 Å². The van der Waals surface area contributed by atoms with Crippen molar-refractivity contribution in [2.45, 2.75) is 26.4 Å². The maximum atomic E-state index is 12.2. The Morgan fingerprint density at radius 2 is 1.58 bits per heavy atom. The first-order valence-corrected chi connectivity index (χ1v) is 6.08. The van der Waals surface area contributed by atoms with Crippen molar-refractivity contribution in [3.63, 3.8) is 0 Å². The van der Waals surface area contributed by atoms with Gasteiger partial charge in [0.25, 0.3) is 0 Å². The largest absolute Gasteiger partial charge is 0.471 e. The lowest BCUT2D eigenvalue weighted by Crippen LogP contribution is -2.53. The third kappa shape index (κ3) is 4.25. The smallest absolute Gasteiger partial charge is 0.336 e. The average molecular weight is 278 g/mol. The summed E-state index contributed by atoms with van der Waals surface area (Å²) in [5.74, 6) is -2.04. The van der Waals surface area contributed by atoms with E-state index in [1.54, 1.807) is 0 Å². The monoisotopic (exact) mass is 278 g/mol. The first-order chi connectivity index (χ1) is 8.75. The van der Waals surface area contributed by atoms with E-state index in [0.29, 0.717) is 0 Å². The molecule has 0 unspecified atom stereocenters. The summed E-state index contributed by atoms with van der Waals surface area (Å²) in [6, 6.07) is 0. The molecule has 108 valence electrons. The molecule has 1 saturated heterocycles. The Bertz CT molecular complexity index is 383. The van der Waals surface area contributed by atoms with Crippen molar-refractivity contribution in [3.05, 3.63) is 11.6 Å². The molecule has 0 bridgehead atoms. The van der Waals surface area contributed by atoms with Crippen LogP contribution in [0.3, 0.4) is 0 Å². The van der Waals surface area contributed by atoms with Crippen molar-refractivity contribution in [2.24, 2.45) is 0 Å². The van der Waals surface area contributed by atoms with Crippen LogP contribution in [0.15, 0.2) is 11.6 Å². The summed E-state index contributed by atoms with van der Waals surface area (Å²) < 4.78 is 36.7. The molecule has 0 aromatic carbocycles. The van der Waals surface area contributed by atoms with Crippen molar-refractivity contribution in [1.82, 2.24) is 9.80 Å². The molecule has 0 aromatic rings. The highest BCUT2D eigenvalue weighted by Gasteiger charge is 2.43. The van der Waals surface area contributed by atoms with Crippen LogP contribution in [0.5, 0.6) is 0 Å². The fourth-order valence-electron chi connectivity index (χ4n) is 1.71. The summed E-state index contributed by atoms with van der Waals surface area (Å²) in [4.78, 5) is 25.0. The molecule has 0 N–H and O–H groups in total. The molecule has 1 rings (SSSR count). The molecule has 1 aliphatic rings. The van der Waals surface area contributed by atoms with Crippen LogP contribution >= 0.6 is 0 Å². The molecule has 0 atom stereocenters. The number of hydrogen-bond acceptors (Lipinski definition) is 2. The van der Waals surface area contributed by atoms with Gasteiger partial charge in [-0.1, -0.05) is 12.5 Å². The zero-order valence-corrected chi connectivity index (χ0v) is 11.0. The van der Waals surface area contributed by atoms with Gasteiger partial charge >= 0.3 is 12.1 Å². The zero-order chi connectivity index (χ0) is 14.6. The van der Waals surface area contributed by atoms with E-state index in [1.807, 2.05) is 13.8 Å². The Morgan fingerprint density at radius 1 is 1.11 bits per heavy atom. The van der Waals surface area contributed by atoms with Gasteiger partial charge in [0.15, 0.2) is 0 Å². The molecular weight excluding hydrogens is 261 g/mol. The van der Waals surface area contributed by atoms with Gasteiger partial charge in [0.1, 0.15) is 0 Å². The molecule has 1 fully saturated rings. The molecule has 0 aromatic heterocycles. The predicted octanol–water partition coefficient (Wildman–Crippen LogP) is 1.58. The van der Waals surface area contributed by atoms with Gasteiger partial charge in [0, 0.05) is 32.3 Å². The highest BCUT2D eigenvalue weighted by Crippen LogP contribution is 2.19. The van der Waals surface area contributed by atoms with Gasteiger partial charge in [-0.05, 0) is 13.3 Å². The van der Waals surface area contributed by atoms with E-state index in [2.05, 4.69) is 0 Å². The van der Waals surface area contributed by atoms with Crippen LogP contribution in [0.1, 0.15) is 20.3 Å². The molecule has 4 nitrogen and oxygen atoms in total. The Hall–Kier alpha value is -1.53. The maximum Gasteiger partial charge on any atom is 0.471 e. The number of carbonyl (C=O) groups excluding carboxylic acids is 2. The van der Waals surface area contributed by atoms with E-state index >= 15 is 0 Å². The number of amides is 2. The average Bonchev–Trinajstić information content (AvgIpc) is 2.36. The SMILES string of the molecule is CC/C(C)=C/C(=O)N1CCN(C(=O)C(F)(F)F)CC1. The number of halogens is 3. The van der Waals surface area contributed by atoms with Crippen molar-refractivity contribution in [1.29, 1.82) is 0 Å². The predicted molar refractivity (Wildman–Crippen MR) is 63.3 cm³/mol. The minimum Gasteiger partial charge on any atom is -0.336 e. The second-order valence-electron chi connectivity index (χ2n) is 4.46. The fourth-order valence-corrected chi connectivity index (χ4v) is 1.71. The summed E-state index contributed by atoms with van der Waals surface area (Å²) >= 11 is 0. The van der Waals surface area contributed by atoms with Gasteiger partial charge in [-0.2, -0.15) is 13.2 Å². The van der Waals surface area contributed by atoms with Gasteiger partial charge < -0.3 is 9.80 Å². The van der Waals surface area contributed by atoms with Crippen molar-refractivity contribution in [3.8, 4) is 0 Å². The van der Waals surface area contributed by atoms with Crippen molar-refractivity contribution >= 4 is 11.8 Å². The summed E-state index contributed by atoms with van der Waals surface area (Å²) in [7, 11) is 0. The fraction of sp³-hybridized carbons (Fsp3) is 0.667. The normalized spacial score (nSPS) is 17.6. The topological polar surface area (TPSA) is 40.6 Å². The first-order valence-electron chi connectivity index (χ1n) is 6.08. The van der Waals surface area contributed by atoms with Crippen LogP contribution in [-0.4, -0.2) is 54.0 Å². The molecule has 2 amide bonds. The van der Waals surface area contributed by atoms with Gasteiger partial charge in [0.2, 0.25) is 5.91 Å². The van der Waals surface area contributed by atoms with Gasteiger partial charge in [-0.15, -0.1) is 0 Å². The molecule has 1 aliphatic heterocycles. The Morgan fingerprint density at radius 3 is 2.00 bits per heavy atom. The van der Waals surface area contributed by atoms with Crippen molar-refractivity contribution in [2.75, 3.05) is 26.2 Å². The number of piperazine rings is 1. The molecule has 0 radical (unpaired) electrons. The quantitative estimate of drug-likeness (QED) is 0.719. The van der Waals surface area contributed by atoms with Gasteiger partial charge in [-0.25, -0.2) is 0 Å². The van der Waals surface area contributed by atoms with Crippen LogP contribution < -0.4 is 0 Å². The Kier molecular flexibility index (Phi) is 4.97. The molecule has 1 heterocycles. The standard InChI is InChI=1S/C12H17F3N2O2/c1-3-9(2)8-10(18)16-4-6-17(7-5-16)11(19)12(13,14)15/h8H,3-7H2,1-2H3/b9-8+. The maximum absolute atomic E-state index is 12.2. The minimum absolute atomic E-state index is 0.0803. The summed E-state index contributed by atoms with van der Waals surface area (Å²) in [6.45, 7) is 3.84. The highest BCUT2D eigenvalue weighted by molar-refractivity contribution is 5.88. The van der Waals surface area contributed by atoms with Gasteiger partial charge in [-0.3, -0.25) is 9.59 Å². The molecule has 0 spiro atoms. The zero-order valence-electron chi connectivity index (χ0n) is 11.0. The lowest BCUT2D eigenvalue weighted by molar-refractivity contribution is -0.187. The molecule has 7 heteroatoms. The second-order valence-corrected chi connectivity index (χ2v) is 4.46. The van der Waals surface area contributed by atoms with E-state index in [0.717, 1.165) is 16.9 Å². The Balaban J connectivity index is 2.54. The van der Waals surface area contributed by atoms with Crippen LogP contribution in [0.4, 0.5) is 13.2 Å². The van der Waals surface area contributed by atoms with Crippen molar-refractivity contribution < 1.29 is 22.8 Å². The lowest BCUT2D eigenvalue weighted by Gasteiger charge is -2.34. The Labute approximate surface area is 109 Å². The highest BCUT2D eigenvalue weighted by atomic mass is 19.4.